The fraction of sp³-hybridized carbons (Fsp3) is 0.200. The number of sulfonamides is 1. The third-order valence-electron chi connectivity index (χ3n) is 3.01. The van der Waals surface area contributed by atoms with E-state index >= 15 is 0 Å². The molecule has 118 valence electrons. The maximum atomic E-state index is 13.7. The molecule has 0 saturated heterocycles. The van der Waals surface area contributed by atoms with Gasteiger partial charge in [-0.15, -0.1) is 0 Å². The molecule has 0 aliphatic rings. The van der Waals surface area contributed by atoms with Crippen molar-refractivity contribution in [1.29, 1.82) is 0 Å². The molecule has 0 aliphatic heterocycles. The van der Waals surface area contributed by atoms with Crippen molar-refractivity contribution in [2.24, 2.45) is 0 Å². The highest BCUT2D eigenvalue weighted by atomic mass is 35.5. The first-order valence-corrected chi connectivity index (χ1v) is 8.41. The maximum Gasteiger partial charge on any atom is 0.243 e. The zero-order chi connectivity index (χ0) is 16.2. The Kier molecular flexibility index (Phi) is 5.52. The van der Waals surface area contributed by atoms with E-state index in [4.69, 9.17) is 11.6 Å². The van der Waals surface area contributed by atoms with Gasteiger partial charge in [-0.3, -0.25) is 0 Å². The molecule has 2 aromatic rings. The van der Waals surface area contributed by atoms with Gasteiger partial charge in [-0.1, -0.05) is 41.9 Å². The van der Waals surface area contributed by atoms with Crippen molar-refractivity contribution in [3.63, 3.8) is 0 Å². The Morgan fingerprint density at radius 1 is 1.18 bits per heavy atom. The molecule has 0 aliphatic carbocycles. The predicted molar refractivity (Wildman–Crippen MR) is 82.8 cm³/mol. The van der Waals surface area contributed by atoms with Crippen LogP contribution in [-0.2, 0) is 16.4 Å². The Hall–Kier alpha value is -1.47. The van der Waals surface area contributed by atoms with Crippen LogP contribution in [0.2, 0.25) is 5.02 Å². The van der Waals surface area contributed by atoms with Gasteiger partial charge in [0.1, 0.15) is 10.7 Å². The molecule has 0 amide bonds. The molecular formula is C15H15ClFNO3S. The third kappa shape index (κ3) is 4.51. The van der Waals surface area contributed by atoms with E-state index in [2.05, 4.69) is 4.72 Å². The van der Waals surface area contributed by atoms with Crippen LogP contribution < -0.4 is 4.72 Å². The van der Waals surface area contributed by atoms with Gasteiger partial charge in [0.25, 0.3) is 0 Å². The van der Waals surface area contributed by atoms with E-state index in [9.17, 15) is 17.9 Å². The molecule has 1 atom stereocenters. The molecule has 0 saturated carbocycles. The Balaban J connectivity index is 2.00. The van der Waals surface area contributed by atoms with Crippen molar-refractivity contribution < 1.29 is 17.9 Å². The van der Waals surface area contributed by atoms with Crippen molar-refractivity contribution >= 4 is 21.6 Å². The second-order valence-electron chi connectivity index (χ2n) is 4.77. The normalized spacial score (nSPS) is 13.0. The quantitative estimate of drug-likeness (QED) is 0.846. The molecule has 0 bridgehead atoms. The summed E-state index contributed by atoms with van der Waals surface area (Å²) < 4.78 is 39.9. The molecule has 2 aromatic carbocycles. The Bertz CT molecular complexity index is 738. The molecular weight excluding hydrogens is 329 g/mol. The van der Waals surface area contributed by atoms with Crippen LogP contribution >= 0.6 is 11.6 Å². The third-order valence-corrected chi connectivity index (χ3v) is 4.70. The summed E-state index contributed by atoms with van der Waals surface area (Å²) in [5.74, 6) is -0.933. The number of rotatable bonds is 6. The lowest BCUT2D eigenvalue weighted by Gasteiger charge is -2.13. The number of hydrogen-bond donors (Lipinski definition) is 2. The van der Waals surface area contributed by atoms with Crippen molar-refractivity contribution in [2.45, 2.75) is 17.4 Å². The van der Waals surface area contributed by atoms with Crippen LogP contribution in [0.4, 0.5) is 4.39 Å². The van der Waals surface area contributed by atoms with Gasteiger partial charge in [0.15, 0.2) is 0 Å². The van der Waals surface area contributed by atoms with Crippen LogP contribution in [0, 0.1) is 5.82 Å². The molecule has 1 unspecified atom stereocenters. The number of halogens is 2. The van der Waals surface area contributed by atoms with E-state index in [0.29, 0.717) is 6.42 Å². The van der Waals surface area contributed by atoms with E-state index in [1.807, 2.05) is 30.3 Å². The van der Waals surface area contributed by atoms with Crippen LogP contribution in [-0.4, -0.2) is 26.2 Å². The first-order valence-electron chi connectivity index (χ1n) is 6.55. The van der Waals surface area contributed by atoms with E-state index in [1.165, 1.54) is 6.07 Å². The lowest BCUT2D eigenvalue weighted by molar-refractivity contribution is 0.179. The highest BCUT2D eigenvalue weighted by Crippen LogP contribution is 2.18. The van der Waals surface area contributed by atoms with Crippen molar-refractivity contribution in [2.75, 3.05) is 6.54 Å². The minimum Gasteiger partial charge on any atom is -0.391 e. The number of aliphatic hydroxyl groups is 1. The fourth-order valence-electron chi connectivity index (χ4n) is 1.94. The predicted octanol–water partition coefficient (Wildman–Crippen LogP) is 2.36. The molecule has 0 aromatic heterocycles. The standard InChI is InChI=1S/C15H15ClFNO3S/c16-12-6-7-15(14(17)9-12)22(20,21)18-10-13(19)8-11-4-2-1-3-5-11/h1-7,9,13,18-19H,8,10H2. The maximum absolute atomic E-state index is 13.7. The average molecular weight is 344 g/mol. The number of benzene rings is 2. The van der Waals surface area contributed by atoms with E-state index < -0.39 is 26.8 Å². The van der Waals surface area contributed by atoms with Crippen LogP contribution in [0.5, 0.6) is 0 Å². The average Bonchev–Trinajstić information content (AvgIpc) is 2.46. The zero-order valence-corrected chi connectivity index (χ0v) is 13.1. The minimum absolute atomic E-state index is 0.112. The Labute approximate surface area is 133 Å². The van der Waals surface area contributed by atoms with E-state index in [1.54, 1.807) is 0 Å². The SMILES string of the molecule is O=S(=O)(NCC(O)Cc1ccccc1)c1ccc(Cl)cc1F. The van der Waals surface area contributed by atoms with Crippen LogP contribution in [0.15, 0.2) is 53.4 Å². The first-order chi connectivity index (χ1) is 10.4. The minimum atomic E-state index is -4.04. The summed E-state index contributed by atoms with van der Waals surface area (Å²) in [6.45, 7) is -0.209. The largest absolute Gasteiger partial charge is 0.391 e. The second kappa shape index (κ2) is 7.19. The lowest BCUT2D eigenvalue weighted by Crippen LogP contribution is -2.33. The topological polar surface area (TPSA) is 66.4 Å². The monoisotopic (exact) mass is 343 g/mol. The summed E-state index contributed by atoms with van der Waals surface area (Å²) in [5.41, 5.74) is 0.881. The second-order valence-corrected chi connectivity index (χ2v) is 6.94. The van der Waals surface area contributed by atoms with Crippen molar-refractivity contribution in [3.05, 3.63) is 64.9 Å². The highest BCUT2D eigenvalue weighted by Gasteiger charge is 2.20. The molecule has 0 fully saturated rings. The van der Waals surface area contributed by atoms with Crippen LogP contribution in [0.25, 0.3) is 0 Å². The zero-order valence-electron chi connectivity index (χ0n) is 11.5. The lowest BCUT2D eigenvalue weighted by atomic mass is 10.1. The van der Waals surface area contributed by atoms with Crippen LogP contribution in [0.1, 0.15) is 5.56 Å². The number of nitrogens with one attached hydrogen (secondary N) is 1. The molecule has 0 radical (unpaired) electrons. The van der Waals surface area contributed by atoms with Crippen molar-refractivity contribution in [1.82, 2.24) is 4.72 Å². The summed E-state index contributed by atoms with van der Waals surface area (Å²) in [5, 5.41) is 10.00. The van der Waals surface area contributed by atoms with E-state index in [-0.39, 0.29) is 11.6 Å². The molecule has 22 heavy (non-hydrogen) atoms. The van der Waals surface area contributed by atoms with Gasteiger partial charge in [0.05, 0.1) is 6.10 Å². The summed E-state index contributed by atoms with van der Waals surface area (Å²) in [6.07, 6.45) is -0.612. The number of hydrogen-bond acceptors (Lipinski definition) is 3. The smallest absolute Gasteiger partial charge is 0.243 e. The Morgan fingerprint density at radius 3 is 2.50 bits per heavy atom. The molecule has 2 N–H and O–H groups in total. The van der Waals surface area contributed by atoms with Gasteiger partial charge < -0.3 is 5.11 Å². The molecule has 7 heteroatoms. The summed E-state index contributed by atoms with van der Waals surface area (Å²) in [7, 11) is -4.04. The molecule has 0 spiro atoms. The van der Waals surface area contributed by atoms with Crippen LogP contribution in [0.3, 0.4) is 0 Å². The first kappa shape index (κ1) is 16.9. The van der Waals surface area contributed by atoms with Gasteiger partial charge in [0.2, 0.25) is 10.0 Å². The van der Waals surface area contributed by atoms with Gasteiger partial charge in [-0.2, -0.15) is 0 Å². The molecule has 0 heterocycles. The van der Waals surface area contributed by atoms with Crippen molar-refractivity contribution in [3.8, 4) is 0 Å². The van der Waals surface area contributed by atoms with Gasteiger partial charge in [0, 0.05) is 11.6 Å². The summed E-state index contributed by atoms with van der Waals surface area (Å²) >= 11 is 5.59. The highest BCUT2D eigenvalue weighted by molar-refractivity contribution is 7.89. The molecule has 2 rings (SSSR count). The van der Waals surface area contributed by atoms with Gasteiger partial charge in [-0.25, -0.2) is 17.5 Å². The summed E-state index contributed by atoms with van der Waals surface area (Å²) in [6, 6.07) is 12.5. The van der Waals surface area contributed by atoms with Gasteiger partial charge >= 0.3 is 0 Å². The number of aliphatic hydroxyl groups excluding tert-OH is 1. The molecule has 4 nitrogen and oxygen atoms in total. The van der Waals surface area contributed by atoms with Gasteiger partial charge in [-0.05, 0) is 30.2 Å². The Morgan fingerprint density at radius 2 is 1.86 bits per heavy atom. The summed E-state index contributed by atoms with van der Waals surface area (Å²) in [4.78, 5) is -0.496. The van der Waals surface area contributed by atoms with E-state index in [0.717, 1.165) is 17.7 Å². The fourth-order valence-corrected chi connectivity index (χ4v) is 3.22.